The van der Waals surface area contributed by atoms with Gasteiger partial charge < -0.3 is 21.3 Å². The van der Waals surface area contributed by atoms with E-state index in [4.69, 9.17) is 5.73 Å². The molecule has 0 aromatic carbocycles. The highest BCUT2D eigenvalue weighted by Gasteiger charge is 2.33. The number of nitrogens with two attached hydrogens (primary N) is 1. The fraction of sp³-hybridized carbons (Fsp3) is 0.786. The molecule has 120 valence electrons. The molecule has 0 saturated carbocycles. The van der Waals surface area contributed by atoms with Crippen LogP contribution in [0.3, 0.4) is 0 Å². The van der Waals surface area contributed by atoms with E-state index in [0.29, 0.717) is 25.9 Å². The zero-order valence-corrected chi connectivity index (χ0v) is 12.9. The second-order valence-electron chi connectivity index (χ2n) is 5.32. The smallest absolute Gasteiger partial charge is 0.242 e. The Kier molecular flexibility index (Phi) is 7.14. The molecule has 0 spiro atoms. The van der Waals surface area contributed by atoms with Crippen molar-refractivity contribution in [1.29, 1.82) is 0 Å². The Morgan fingerprint density at radius 2 is 2.10 bits per heavy atom. The molecule has 4 N–H and O–H groups in total. The van der Waals surface area contributed by atoms with Crippen molar-refractivity contribution in [1.82, 2.24) is 15.5 Å². The van der Waals surface area contributed by atoms with Crippen molar-refractivity contribution in [3.8, 4) is 0 Å². The highest BCUT2D eigenvalue weighted by atomic mass is 16.2. The van der Waals surface area contributed by atoms with Crippen LogP contribution in [0.5, 0.6) is 0 Å². The van der Waals surface area contributed by atoms with Gasteiger partial charge in [-0.2, -0.15) is 0 Å². The Labute approximate surface area is 125 Å². The zero-order valence-electron chi connectivity index (χ0n) is 12.9. The third-order valence-corrected chi connectivity index (χ3v) is 3.76. The maximum Gasteiger partial charge on any atom is 0.242 e. The molecule has 0 bridgehead atoms. The van der Waals surface area contributed by atoms with Gasteiger partial charge in [0.25, 0.3) is 0 Å². The van der Waals surface area contributed by atoms with Crippen molar-refractivity contribution in [2.75, 3.05) is 20.1 Å². The molecule has 1 aliphatic heterocycles. The average Bonchev–Trinajstić information content (AvgIpc) is 2.94. The molecule has 0 aromatic heterocycles. The molecule has 2 unspecified atom stereocenters. The third kappa shape index (κ3) is 5.00. The van der Waals surface area contributed by atoms with Crippen molar-refractivity contribution < 1.29 is 14.4 Å². The number of carbonyl (C=O) groups excluding carboxylic acids is 3. The summed E-state index contributed by atoms with van der Waals surface area (Å²) in [4.78, 5) is 37.0. The van der Waals surface area contributed by atoms with Gasteiger partial charge in [-0.15, -0.1) is 0 Å². The fourth-order valence-corrected chi connectivity index (χ4v) is 2.54. The lowest BCUT2D eigenvalue weighted by Crippen LogP contribution is -2.47. The Balaban J connectivity index is 2.52. The van der Waals surface area contributed by atoms with E-state index in [2.05, 4.69) is 10.6 Å². The molecule has 0 radical (unpaired) electrons. The van der Waals surface area contributed by atoms with E-state index in [0.717, 1.165) is 12.8 Å². The molecule has 1 aliphatic rings. The number of nitrogens with one attached hydrogen (secondary N) is 2. The minimum absolute atomic E-state index is 0.0808. The maximum absolute atomic E-state index is 12.2. The van der Waals surface area contributed by atoms with Gasteiger partial charge in [-0.1, -0.05) is 6.92 Å². The van der Waals surface area contributed by atoms with Crippen LogP contribution in [0.4, 0.5) is 0 Å². The van der Waals surface area contributed by atoms with Gasteiger partial charge in [0.2, 0.25) is 17.7 Å². The Hall–Kier alpha value is -1.63. The molecule has 1 heterocycles. The predicted octanol–water partition coefficient (Wildman–Crippen LogP) is -0.643. The Morgan fingerprint density at radius 1 is 1.38 bits per heavy atom. The number of rotatable bonds is 8. The number of likely N-dealkylation sites (N-methyl/N-ethyl adjacent to an activating group) is 1. The van der Waals surface area contributed by atoms with Crippen LogP contribution in [-0.2, 0) is 14.4 Å². The van der Waals surface area contributed by atoms with Crippen LogP contribution in [-0.4, -0.2) is 54.8 Å². The topological polar surface area (TPSA) is 105 Å². The molecule has 7 nitrogen and oxygen atoms in total. The molecule has 1 fully saturated rings. The highest BCUT2D eigenvalue weighted by Crippen LogP contribution is 2.19. The van der Waals surface area contributed by atoms with E-state index < -0.39 is 11.9 Å². The number of hydrogen-bond acceptors (Lipinski definition) is 4. The van der Waals surface area contributed by atoms with Gasteiger partial charge in [-0.25, -0.2) is 0 Å². The summed E-state index contributed by atoms with van der Waals surface area (Å²) >= 11 is 0. The van der Waals surface area contributed by atoms with Gasteiger partial charge in [0.15, 0.2) is 0 Å². The number of primary amides is 1. The van der Waals surface area contributed by atoms with Crippen molar-refractivity contribution in [3.63, 3.8) is 0 Å². The van der Waals surface area contributed by atoms with Crippen LogP contribution in [0.15, 0.2) is 0 Å². The largest absolute Gasteiger partial charge is 0.368 e. The number of nitrogens with zero attached hydrogens (tertiary/aromatic N) is 1. The second-order valence-corrected chi connectivity index (χ2v) is 5.32. The Bertz CT molecular complexity index is 386. The monoisotopic (exact) mass is 298 g/mol. The minimum atomic E-state index is -0.510. The summed E-state index contributed by atoms with van der Waals surface area (Å²) in [5, 5.41) is 5.62. The van der Waals surface area contributed by atoms with E-state index in [-0.39, 0.29) is 24.3 Å². The fourth-order valence-electron chi connectivity index (χ4n) is 2.54. The first-order chi connectivity index (χ1) is 10.0. The standard InChI is InChI=1S/C14H26N4O3/c1-3-8-17-14(21)11-5-4-9-18(11)12(19)7-6-10(16-2)13(15)20/h10-11,16H,3-9H2,1-2H3,(H2,15,20)(H,17,21). The van der Waals surface area contributed by atoms with E-state index in [1.54, 1.807) is 11.9 Å². The van der Waals surface area contributed by atoms with Crippen molar-refractivity contribution in [2.45, 2.75) is 51.1 Å². The summed E-state index contributed by atoms with van der Waals surface area (Å²) in [6.45, 7) is 3.21. The number of hydrogen-bond donors (Lipinski definition) is 3. The number of carbonyl (C=O) groups is 3. The average molecular weight is 298 g/mol. The van der Waals surface area contributed by atoms with Crippen LogP contribution in [0, 0.1) is 0 Å². The van der Waals surface area contributed by atoms with Gasteiger partial charge in [-0.05, 0) is 32.7 Å². The van der Waals surface area contributed by atoms with Crippen LogP contribution in [0.2, 0.25) is 0 Å². The number of likely N-dealkylation sites (tertiary alicyclic amines) is 1. The highest BCUT2D eigenvalue weighted by molar-refractivity contribution is 5.88. The molecular formula is C14H26N4O3. The maximum atomic E-state index is 12.2. The summed E-state index contributed by atoms with van der Waals surface area (Å²) in [5.74, 6) is -0.641. The minimum Gasteiger partial charge on any atom is -0.368 e. The van der Waals surface area contributed by atoms with Crippen LogP contribution in [0.1, 0.15) is 39.0 Å². The zero-order chi connectivity index (χ0) is 15.8. The lowest BCUT2D eigenvalue weighted by atomic mass is 10.1. The summed E-state index contributed by atoms with van der Waals surface area (Å²) in [6.07, 6.45) is 2.97. The lowest BCUT2D eigenvalue weighted by Gasteiger charge is -2.24. The Morgan fingerprint density at radius 3 is 2.67 bits per heavy atom. The molecule has 1 rings (SSSR count). The first-order valence-electron chi connectivity index (χ1n) is 7.55. The summed E-state index contributed by atoms with van der Waals surface area (Å²) < 4.78 is 0. The van der Waals surface area contributed by atoms with E-state index in [9.17, 15) is 14.4 Å². The molecule has 2 atom stereocenters. The van der Waals surface area contributed by atoms with Crippen LogP contribution >= 0.6 is 0 Å². The van der Waals surface area contributed by atoms with Gasteiger partial charge in [-0.3, -0.25) is 14.4 Å². The van der Waals surface area contributed by atoms with Gasteiger partial charge in [0.1, 0.15) is 6.04 Å². The molecule has 0 aliphatic carbocycles. The van der Waals surface area contributed by atoms with Crippen molar-refractivity contribution in [2.24, 2.45) is 5.73 Å². The van der Waals surface area contributed by atoms with Crippen molar-refractivity contribution >= 4 is 17.7 Å². The quantitative estimate of drug-likeness (QED) is 0.554. The normalized spacial score (nSPS) is 19.3. The number of amides is 3. The second kappa shape index (κ2) is 8.61. The SMILES string of the molecule is CCCNC(=O)C1CCCN1C(=O)CCC(NC)C(N)=O. The summed E-state index contributed by atoms with van der Waals surface area (Å²) in [5.41, 5.74) is 5.23. The van der Waals surface area contributed by atoms with Gasteiger partial charge >= 0.3 is 0 Å². The van der Waals surface area contributed by atoms with Gasteiger partial charge in [0, 0.05) is 19.5 Å². The van der Waals surface area contributed by atoms with Crippen molar-refractivity contribution in [3.05, 3.63) is 0 Å². The van der Waals surface area contributed by atoms with Gasteiger partial charge in [0.05, 0.1) is 6.04 Å². The molecule has 1 saturated heterocycles. The first-order valence-corrected chi connectivity index (χ1v) is 7.55. The molecule has 0 aromatic rings. The first kappa shape index (κ1) is 17.4. The van der Waals surface area contributed by atoms with E-state index >= 15 is 0 Å². The lowest BCUT2D eigenvalue weighted by molar-refractivity contribution is -0.138. The predicted molar refractivity (Wildman–Crippen MR) is 79.3 cm³/mol. The summed E-state index contributed by atoms with van der Waals surface area (Å²) in [7, 11) is 1.64. The van der Waals surface area contributed by atoms with Crippen LogP contribution < -0.4 is 16.4 Å². The molecular weight excluding hydrogens is 272 g/mol. The molecule has 7 heteroatoms. The van der Waals surface area contributed by atoms with Crippen LogP contribution in [0.25, 0.3) is 0 Å². The summed E-state index contributed by atoms with van der Waals surface area (Å²) in [6, 6.07) is -0.880. The molecule has 21 heavy (non-hydrogen) atoms. The van der Waals surface area contributed by atoms with E-state index in [1.165, 1.54) is 0 Å². The van der Waals surface area contributed by atoms with E-state index in [1.807, 2.05) is 6.92 Å². The molecule has 3 amide bonds. The third-order valence-electron chi connectivity index (χ3n) is 3.76.